The molecule has 1 aromatic carbocycles. The number of Topliss-reactive ketones (excluding diaryl/α,β-unsaturated/α-hetero) is 1. The van der Waals surface area contributed by atoms with Crippen LogP contribution in [0.3, 0.4) is 0 Å². The Morgan fingerprint density at radius 2 is 1.88 bits per heavy atom. The van der Waals surface area contributed by atoms with Crippen molar-refractivity contribution >= 4 is 5.78 Å². The summed E-state index contributed by atoms with van der Waals surface area (Å²) in [5.41, 5.74) is 0.980. The van der Waals surface area contributed by atoms with Gasteiger partial charge in [0, 0.05) is 6.42 Å². The molecule has 0 amide bonds. The molecule has 16 heavy (non-hydrogen) atoms. The Bertz CT molecular complexity index is 303. The minimum atomic E-state index is 0.00912. The maximum atomic E-state index is 10.8. The fraction of sp³-hybridized carbons (Fsp3) is 0.308. The summed E-state index contributed by atoms with van der Waals surface area (Å²) in [6.45, 7) is 7.87. The van der Waals surface area contributed by atoms with Crippen LogP contribution in [0.1, 0.15) is 12.5 Å². The van der Waals surface area contributed by atoms with E-state index in [4.69, 9.17) is 9.84 Å². The summed E-state index contributed by atoms with van der Waals surface area (Å²) in [6, 6.07) is 7.31. The van der Waals surface area contributed by atoms with Gasteiger partial charge in [0.2, 0.25) is 0 Å². The van der Waals surface area contributed by atoms with Crippen LogP contribution in [0, 0.1) is 0 Å². The Morgan fingerprint density at radius 3 is 2.31 bits per heavy atom. The predicted octanol–water partition coefficient (Wildman–Crippen LogP) is 1.99. The molecular formula is C13H18O3. The van der Waals surface area contributed by atoms with Crippen LogP contribution in [0.5, 0.6) is 5.75 Å². The van der Waals surface area contributed by atoms with Gasteiger partial charge in [-0.05, 0) is 24.6 Å². The zero-order chi connectivity index (χ0) is 12.4. The highest BCUT2D eigenvalue weighted by Gasteiger charge is 1.98. The van der Waals surface area contributed by atoms with Gasteiger partial charge in [-0.2, -0.15) is 0 Å². The van der Waals surface area contributed by atoms with Crippen molar-refractivity contribution in [3.05, 3.63) is 43.0 Å². The summed E-state index contributed by atoms with van der Waals surface area (Å²) in [6.07, 6.45) is 0.459. The van der Waals surface area contributed by atoms with Crippen LogP contribution >= 0.6 is 0 Å². The second-order valence-corrected chi connectivity index (χ2v) is 3.09. The lowest BCUT2D eigenvalue weighted by Crippen LogP contribution is -2.02. The van der Waals surface area contributed by atoms with Crippen LogP contribution < -0.4 is 4.74 Å². The summed E-state index contributed by atoms with van der Waals surface area (Å²) in [7, 11) is 0. The van der Waals surface area contributed by atoms with Crippen molar-refractivity contribution in [3.8, 4) is 5.75 Å². The van der Waals surface area contributed by atoms with Gasteiger partial charge in [-0.15, -0.1) is 13.2 Å². The standard InChI is InChI=1S/C11H14O3.C2H4/c1-9(13)8-10-2-4-11(5-3-10)14-7-6-12;1-2/h2-5,12H,6-8H2,1H3;1-2H2. The fourth-order valence-corrected chi connectivity index (χ4v) is 1.15. The zero-order valence-corrected chi connectivity index (χ0v) is 9.61. The normalized spacial score (nSPS) is 8.88. The van der Waals surface area contributed by atoms with Gasteiger partial charge in [0.1, 0.15) is 18.1 Å². The molecule has 0 saturated carbocycles. The van der Waals surface area contributed by atoms with E-state index in [1.54, 1.807) is 19.1 Å². The minimum Gasteiger partial charge on any atom is -0.491 e. The monoisotopic (exact) mass is 222 g/mol. The molecule has 0 bridgehead atoms. The number of rotatable bonds is 5. The van der Waals surface area contributed by atoms with E-state index in [-0.39, 0.29) is 12.4 Å². The van der Waals surface area contributed by atoms with E-state index in [2.05, 4.69) is 13.2 Å². The lowest BCUT2D eigenvalue weighted by molar-refractivity contribution is -0.116. The molecule has 1 N–H and O–H groups in total. The van der Waals surface area contributed by atoms with Crippen molar-refractivity contribution in [2.75, 3.05) is 13.2 Å². The molecule has 1 rings (SSSR count). The van der Waals surface area contributed by atoms with Crippen molar-refractivity contribution in [1.82, 2.24) is 0 Å². The van der Waals surface area contributed by atoms with Crippen LogP contribution in [-0.4, -0.2) is 24.1 Å². The number of aliphatic hydroxyl groups excluding tert-OH is 1. The Balaban J connectivity index is 0.00000106. The highest BCUT2D eigenvalue weighted by Crippen LogP contribution is 2.12. The van der Waals surface area contributed by atoms with Crippen molar-refractivity contribution in [2.45, 2.75) is 13.3 Å². The summed E-state index contributed by atoms with van der Waals surface area (Å²) in [4.78, 5) is 10.8. The van der Waals surface area contributed by atoms with Crippen LogP contribution in [0.25, 0.3) is 0 Å². The number of carbonyl (C=O) groups is 1. The van der Waals surface area contributed by atoms with Gasteiger partial charge in [-0.1, -0.05) is 12.1 Å². The number of carbonyl (C=O) groups excluding carboxylic acids is 1. The quantitative estimate of drug-likeness (QED) is 0.775. The molecule has 3 nitrogen and oxygen atoms in total. The first-order chi connectivity index (χ1) is 7.72. The molecule has 0 atom stereocenters. The van der Waals surface area contributed by atoms with Crippen LogP contribution in [0.15, 0.2) is 37.4 Å². The van der Waals surface area contributed by atoms with Gasteiger partial charge in [-0.25, -0.2) is 0 Å². The smallest absolute Gasteiger partial charge is 0.134 e. The molecule has 0 aliphatic rings. The average Bonchev–Trinajstić information content (AvgIpc) is 2.30. The van der Waals surface area contributed by atoms with E-state index in [0.29, 0.717) is 18.8 Å². The molecule has 0 radical (unpaired) electrons. The molecule has 3 heteroatoms. The molecule has 0 unspecified atom stereocenters. The number of hydrogen-bond acceptors (Lipinski definition) is 3. The van der Waals surface area contributed by atoms with E-state index in [1.165, 1.54) is 0 Å². The molecule has 1 aromatic rings. The number of ketones is 1. The van der Waals surface area contributed by atoms with Crippen LogP contribution in [0.4, 0.5) is 0 Å². The lowest BCUT2D eigenvalue weighted by Gasteiger charge is -2.04. The van der Waals surface area contributed by atoms with Crippen molar-refractivity contribution in [1.29, 1.82) is 0 Å². The first-order valence-corrected chi connectivity index (χ1v) is 5.04. The number of hydrogen-bond donors (Lipinski definition) is 1. The van der Waals surface area contributed by atoms with Gasteiger partial charge in [-0.3, -0.25) is 4.79 Å². The largest absolute Gasteiger partial charge is 0.491 e. The first-order valence-electron chi connectivity index (χ1n) is 5.04. The van der Waals surface area contributed by atoms with E-state index < -0.39 is 0 Å². The third kappa shape index (κ3) is 5.98. The van der Waals surface area contributed by atoms with E-state index in [9.17, 15) is 4.79 Å². The third-order valence-electron chi connectivity index (χ3n) is 1.74. The molecule has 0 heterocycles. The fourth-order valence-electron chi connectivity index (χ4n) is 1.15. The second-order valence-electron chi connectivity index (χ2n) is 3.09. The molecule has 0 aliphatic carbocycles. The molecule has 0 spiro atoms. The molecule has 0 aliphatic heterocycles. The van der Waals surface area contributed by atoms with Crippen LogP contribution in [-0.2, 0) is 11.2 Å². The maximum Gasteiger partial charge on any atom is 0.134 e. The highest BCUT2D eigenvalue weighted by atomic mass is 16.5. The second kappa shape index (κ2) is 8.68. The summed E-state index contributed by atoms with van der Waals surface area (Å²) >= 11 is 0. The molecular weight excluding hydrogens is 204 g/mol. The summed E-state index contributed by atoms with van der Waals surface area (Å²) in [5, 5.41) is 8.53. The molecule has 0 fully saturated rings. The number of aliphatic hydroxyl groups is 1. The van der Waals surface area contributed by atoms with Gasteiger partial charge < -0.3 is 9.84 Å². The molecule has 0 saturated heterocycles. The van der Waals surface area contributed by atoms with Crippen molar-refractivity contribution < 1.29 is 14.6 Å². The topological polar surface area (TPSA) is 46.5 Å². The predicted molar refractivity (Wildman–Crippen MR) is 64.7 cm³/mol. The summed E-state index contributed by atoms with van der Waals surface area (Å²) in [5.74, 6) is 0.861. The van der Waals surface area contributed by atoms with Gasteiger partial charge in [0.15, 0.2) is 0 Å². The molecule has 0 aromatic heterocycles. The Hall–Kier alpha value is -1.61. The third-order valence-corrected chi connectivity index (χ3v) is 1.74. The van der Waals surface area contributed by atoms with Gasteiger partial charge in [0.25, 0.3) is 0 Å². The number of benzene rings is 1. The Labute approximate surface area is 96.4 Å². The summed E-state index contributed by atoms with van der Waals surface area (Å²) < 4.78 is 5.18. The molecule has 88 valence electrons. The SMILES string of the molecule is C=C.CC(=O)Cc1ccc(OCCO)cc1. The number of ether oxygens (including phenoxy) is 1. The first kappa shape index (κ1) is 14.4. The van der Waals surface area contributed by atoms with Gasteiger partial charge >= 0.3 is 0 Å². The lowest BCUT2D eigenvalue weighted by atomic mass is 10.1. The van der Waals surface area contributed by atoms with Crippen molar-refractivity contribution in [2.24, 2.45) is 0 Å². The highest BCUT2D eigenvalue weighted by molar-refractivity contribution is 5.78. The maximum absolute atomic E-state index is 10.8. The average molecular weight is 222 g/mol. The van der Waals surface area contributed by atoms with Crippen LogP contribution in [0.2, 0.25) is 0 Å². The minimum absolute atomic E-state index is 0.00912. The Morgan fingerprint density at radius 1 is 1.31 bits per heavy atom. The van der Waals surface area contributed by atoms with E-state index >= 15 is 0 Å². The van der Waals surface area contributed by atoms with Crippen molar-refractivity contribution in [3.63, 3.8) is 0 Å². The zero-order valence-electron chi connectivity index (χ0n) is 9.61. The van der Waals surface area contributed by atoms with Gasteiger partial charge in [0.05, 0.1) is 6.61 Å². The van der Waals surface area contributed by atoms with E-state index in [1.807, 2.05) is 12.1 Å². The van der Waals surface area contributed by atoms with E-state index in [0.717, 1.165) is 5.56 Å². The Kier molecular flexibility index (Phi) is 7.81.